The van der Waals surface area contributed by atoms with Gasteiger partial charge in [0.05, 0.1) is 6.54 Å². The molecule has 1 saturated carbocycles. The molecule has 0 aromatic heterocycles. The molecule has 3 fully saturated rings. The highest BCUT2D eigenvalue weighted by atomic mass is 16.5. The number of ether oxygens (including phenoxy) is 1. The smallest absolute Gasteiger partial charge is 0.258 e. The third kappa shape index (κ3) is 4.80. The number of fused-ring (bicyclic) bond motifs is 1. The Morgan fingerprint density at radius 2 is 2.07 bits per heavy atom. The van der Waals surface area contributed by atoms with Crippen LogP contribution in [0.3, 0.4) is 0 Å². The zero-order chi connectivity index (χ0) is 19.6. The Bertz CT molecular complexity index is 704. The van der Waals surface area contributed by atoms with E-state index in [1.807, 2.05) is 45.0 Å². The molecule has 2 bridgehead atoms. The van der Waals surface area contributed by atoms with Gasteiger partial charge in [-0.3, -0.25) is 14.5 Å². The standard InChI is InChI=1S/C21H31N3O3/c1-5-21(3,4)23-18(25)12-24-11-15-10-17(24)20(15)22-19(26)13-27-16-8-6-7-14(2)9-16/h6-9,15,17,20H,5,10-13H2,1-4H3,(H,22,26)(H,23,25). The lowest BCUT2D eigenvalue weighted by Crippen LogP contribution is -2.56. The van der Waals surface area contributed by atoms with Gasteiger partial charge in [-0.2, -0.15) is 0 Å². The predicted octanol–water partition coefficient (Wildman–Crippen LogP) is 1.87. The summed E-state index contributed by atoms with van der Waals surface area (Å²) < 4.78 is 5.58. The van der Waals surface area contributed by atoms with Crippen LogP contribution in [0.2, 0.25) is 0 Å². The van der Waals surface area contributed by atoms with Gasteiger partial charge in [0.15, 0.2) is 6.61 Å². The van der Waals surface area contributed by atoms with Crippen molar-refractivity contribution in [2.45, 2.75) is 58.2 Å². The summed E-state index contributed by atoms with van der Waals surface area (Å²) in [5.41, 5.74) is 0.922. The fourth-order valence-electron chi connectivity index (χ4n) is 3.89. The van der Waals surface area contributed by atoms with Gasteiger partial charge in [0.1, 0.15) is 5.75 Å². The average molecular weight is 373 g/mol. The summed E-state index contributed by atoms with van der Waals surface area (Å²) in [5.74, 6) is 1.10. The van der Waals surface area contributed by atoms with Crippen LogP contribution >= 0.6 is 0 Å². The average Bonchev–Trinajstić information content (AvgIpc) is 3.15. The highest BCUT2D eigenvalue weighted by Crippen LogP contribution is 2.40. The lowest BCUT2D eigenvalue weighted by molar-refractivity contribution is -0.125. The van der Waals surface area contributed by atoms with Crippen molar-refractivity contribution < 1.29 is 14.3 Å². The van der Waals surface area contributed by atoms with Crippen molar-refractivity contribution in [3.05, 3.63) is 29.8 Å². The molecule has 0 radical (unpaired) electrons. The minimum Gasteiger partial charge on any atom is -0.484 e. The van der Waals surface area contributed by atoms with Crippen LogP contribution in [0.4, 0.5) is 0 Å². The fraction of sp³-hybridized carbons (Fsp3) is 0.619. The monoisotopic (exact) mass is 373 g/mol. The topological polar surface area (TPSA) is 70.7 Å². The molecule has 3 atom stereocenters. The molecule has 1 aromatic carbocycles. The zero-order valence-electron chi connectivity index (χ0n) is 16.7. The first-order chi connectivity index (χ1) is 12.8. The Hall–Kier alpha value is -2.08. The summed E-state index contributed by atoms with van der Waals surface area (Å²) in [6.45, 7) is 9.41. The Labute approximate surface area is 161 Å². The molecule has 1 aromatic rings. The molecule has 148 valence electrons. The fourth-order valence-corrected chi connectivity index (χ4v) is 3.89. The van der Waals surface area contributed by atoms with Crippen LogP contribution in [-0.2, 0) is 9.59 Å². The predicted molar refractivity (Wildman–Crippen MR) is 105 cm³/mol. The number of amides is 2. The molecule has 2 saturated heterocycles. The first kappa shape index (κ1) is 19.7. The van der Waals surface area contributed by atoms with Gasteiger partial charge < -0.3 is 15.4 Å². The molecule has 6 heteroatoms. The first-order valence-corrected chi connectivity index (χ1v) is 9.81. The van der Waals surface area contributed by atoms with Gasteiger partial charge >= 0.3 is 0 Å². The largest absolute Gasteiger partial charge is 0.484 e. The first-order valence-electron chi connectivity index (χ1n) is 9.81. The molecular formula is C21H31N3O3. The Balaban J connectivity index is 1.44. The molecule has 27 heavy (non-hydrogen) atoms. The molecule has 1 aliphatic carbocycles. The van der Waals surface area contributed by atoms with Crippen LogP contribution < -0.4 is 15.4 Å². The summed E-state index contributed by atoms with van der Waals surface area (Å²) in [7, 11) is 0. The molecule has 3 unspecified atom stereocenters. The molecule has 2 N–H and O–H groups in total. The molecule has 2 amide bonds. The van der Waals surface area contributed by atoms with E-state index >= 15 is 0 Å². The normalized spacial score (nSPS) is 24.2. The lowest BCUT2D eigenvalue weighted by Gasteiger charge is -2.37. The number of rotatable bonds is 8. The summed E-state index contributed by atoms with van der Waals surface area (Å²) in [6, 6.07) is 8.06. The van der Waals surface area contributed by atoms with Crippen molar-refractivity contribution in [1.82, 2.24) is 15.5 Å². The van der Waals surface area contributed by atoms with Gasteiger partial charge in [0, 0.05) is 24.2 Å². The van der Waals surface area contributed by atoms with E-state index in [0.29, 0.717) is 18.2 Å². The third-order valence-electron chi connectivity index (χ3n) is 5.80. The van der Waals surface area contributed by atoms with Crippen molar-refractivity contribution >= 4 is 11.8 Å². The number of hydrogen-bond acceptors (Lipinski definition) is 4. The van der Waals surface area contributed by atoms with Crippen molar-refractivity contribution in [1.29, 1.82) is 0 Å². The third-order valence-corrected chi connectivity index (χ3v) is 5.80. The maximum absolute atomic E-state index is 12.3. The van der Waals surface area contributed by atoms with Gasteiger partial charge in [0.25, 0.3) is 5.91 Å². The summed E-state index contributed by atoms with van der Waals surface area (Å²) in [5, 5.41) is 6.17. The maximum Gasteiger partial charge on any atom is 0.258 e. The molecule has 0 spiro atoms. The highest BCUT2D eigenvalue weighted by Gasteiger charge is 2.52. The number of aryl methyl sites for hydroxylation is 1. The highest BCUT2D eigenvalue weighted by molar-refractivity contribution is 5.79. The number of benzene rings is 1. The van der Waals surface area contributed by atoms with Gasteiger partial charge in [-0.25, -0.2) is 0 Å². The second-order valence-corrected chi connectivity index (χ2v) is 8.48. The van der Waals surface area contributed by atoms with Crippen molar-refractivity contribution in [2.75, 3.05) is 19.7 Å². The Morgan fingerprint density at radius 1 is 1.30 bits per heavy atom. The van der Waals surface area contributed by atoms with Crippen LogP contribution in [0.5, 0.6) is 5.75 Å². The van der Waals surface area contributed by atoms with E-state index < -0.39 is 0 Å². The summed E-state index contributed by atoms with van der Waals surface area (Å²) in [6.07, 6.45) is 1.94. The molecular weight excluding hydrogens is 342 g/mol. The molecule has 2 heterocycles. The number of carbonyl (C=O) groups is 2. The van der Waals surface area contributed by atoms with Gasteiger partial charge in [-0.15, -0.1) is 0 Å². The van der Waals surface area contributed by atoms with Crippen molar-refractivity contribution in [3.63, 3.8) is 0 Å². The van der Waals surface area contributed by atoms with E-state index in [4.69, 9.17) is 4.74 Å². The number of nitrogens with zero attached hydrogens (tertiary/aromatic N) is 1. The van der Waals surface area contributed by atoms with Crippen LogP contribution in [0.1, 0.15) is 39.2 Å². The summed E-state index contributed by atoms with van der Waals surface area (Å²) in [4.78, 5) is 26.7. The molecule has 2 aliphatic heterocycles. The van der Waals surface area contributed by atoms with Crippen LogP contribution in [0.15, 0.2) is 24.3 Å². The van der Waals surface area contributed by atoms with Gasteiger partial charge in [-0.1, -0.05) is 19.1 Å². The van der Waals surface area contributed by atoms with E-state index in [-0.39, 0.29) is 36.0 Å². The minimum atomic E-state index is -0.180. The molecule has 4 rings (SSSR count). The SMILES string of the molecule is CCC(C)(C)NC(=O)CN1CC2CC1C2NC(=O)COc1cccc(C)c1. The zero-order valence-corrected chi connectivity index (χ0v) is 16.7. The van der Waals surface area contributed by atoms with E-state index in [1.54, 1.807) is 0 Å². The van der Waals surface area contributed by atoms with E-state index in [1.165, 1.54) is 0 Å². The van der Waals surface area contributed by atoms with E-state index in [2.05, 4.69) is 22.5 Å². The Morgan fingerprint density at radius 3 is 2.78 bits per heavy atom. The quantitative estimate of drug-likeness (QED) is 0.730. The number of nitrogens with one attached hydrogen (secondary N) is 2. The number of carbonyl (C=O) groups excluding carboxylic acids is 2. The molecule has 6 nitrogen and oxygen atoms in total. The Kier molecular flexibility index (Phi) is 5.75. The second-order valence-electron chi connectivity index (χ2n) is 8.48. The van der Waals surface area contributed by atoms with Gasteiger partial charge in [-0.05, 0) is 57.2 Å². The van der Waals surface area contributed by atoms with E-state index in [0.717, 1.165) is 24.9 Å². The van der Waals surface area contributed by atoms with Crippen molar-refractivity contribution in [2.24, 2.45) is 5.92 Å². The second kappa shape index (κ2) is 7.89. The minimum absolute atomic E-state index is 0.0184. The van der Waals surface area contributed by atoms with Crippen LogP contribution in [0, 0.1) is 12.8 Å². The molecule has 3 aliphatic rings. The summed E-state index contributed by atoms with van der Waals surface area (Å²) >= 11 is 0. The van der Waals surface area contributed by atoms with E-state index in [9.17, 15) is 9.59 Å². The van der Waals surface area contributed by atoms with Crippen molar-refractivity contribution in [3.8, 4) is 5.75 Å². The lowest BCUT2D eigenvalue weighted by atomic mass is 9.80. The van der Waals surface area contributed by atoms with Gasteiger partial charge in [0.2, 0.25) is 5.91 Å². The van der Waals surface area contributed by atoms with Crippen LogP contribution in [0.25, 0.3) is 0 Å². The maximum atomic E-state index is 12.3. The number of hydrogen-bond donors (Lipinski definition) is 2. The van der Waals surface area contributed by atoms with Crippen LogP contribution in [-0.4, -0.2) is 54.0 Å².